The van der Waals surface area contributed by atoms with Gasteiger partial charge in [-0.15, -0.1) is 0 Å². The highest BCUT2D eigenvalue weighted by atomic mass is 28.4. The topological polar surface area (TPSA) is 120 Å². The highest BCUT2D eigenvalue weighted by molar-refractivity contribution is 6.74. The van der Waals surface area contributed by atoms with Gasteiger partial charge < -0.3 is 28.9 Å². The number of nitrogens with one attached hydrogen (secondary N) is 1. The lowest BCUT2D eigenvalue weighted by Crippen LogP contribution is -2.47. The molecule has 1 aliphatic heterocycles. The predicted molar refractivity (Wildman–Crippen MR) is 205 cm³/mol. The maximum atomic E-state index is 14.3. The molecule has 1 aliphatic rings. The van der Waals surface area contributed by atoms with Gasteiger partial charge in [-0.2, -0.15) is 9.61 Å². The molecule has 51 heavy (non-hydrogen) atoms. The standard InChI is InChI=1S/C38H60N6O6Si/c1-13-47-29-20-18-28(19-21-29)43(35(46)50-37(5,6)7)33-30(17-15-25-48-51(11,12)38(8,9)10)32(41-31-22-23-39-44(31)33)40-27-16-14-24-42(26-27)34(45)49-36(2,3)4/h18-23,27H,13-17,24-26H2,1-12H3,(H,40,41). The van der Waals surface area contributed by atoms with E-state index in [1.807, 2.05) is 78.8 Å². The van der Waals surface area contributed by atoms with Crippen LogP contribution in [0.15, 0.2) is 36.5 Å². The molecule has 0 saturated carbocycles. The van der Waals surface area contributed by atoms with Crippen LogP contribution in [-0.4, -0.2) is 83.5 Å². The van der Waals surface area contributed by atoms with Crippen molar-refractivity contribution >= 4 is 43.5 Å². The number of hydrogen-bond donors (Lipinski definition) is 1. The van der Waals surface area contributed by atoms with Gasteiger partial charge in [-0.3, -0.25) is 0 Å². The van der Waals surface area contributed by atoms with E-state index >= 15 is 0 Å². The summed E-state index contributed by atoms with van der Waals surface area (Å²) in [4.78, 5) is 35.8. The van der Waals surface area contributed by atoms with Crippen molar-refractivity contribution in [2.45, 2.75) is 130 Å². The fraction of sp³-hybridized carbons (Fsp3) is 0.632. The first-order valence-corrected chi connectivity index (χ1v) is 21.1. The fourth-order valence-electron chi connectivity index (χ4n) is 5.59. The highest BCUT2D eigenvalue weighted by Crippen LogP contribution is 2.38. The molecule has 4 rings (SSSR count). The lowest BCUT2D eigenvalue weighted by atomic mass is 10.0. The SMILES string of the molecule is CCOc1ccc(N(C(=O)OC(C)(C)C)c2c(CCCO[Si](C)(C)C(C)(C)C)c(NC3CCCN(C(=O)OC(C)(C)C)C3)nc3ccnn23)cc1. The van der Waals surface area contributed by atoms with Crippen LogP contribution in [0.4, 0.5) is 26.9 Å². The molecule has 2 amide bonds. The third kappa shape index (κ3) is 10.6. The molecule has 3 aromatic rings. The number of piperidine rings is 1. The smallest absolute Gasteiger partial charge is 0.420 e. The van der Waals surface area contributed by atoms with E-state index < -0.39 is 25.6 Å². The highest BCUT2D eigenvalue weighted by Gasteiger charge is 2.37. The van der Waals surface area contributed by atoms with Crippen LogP contribution in [-0.2, 0) is 20.3 Å². The average molecular weight is 725 g/mol. The number of rotatable bonds is 11. The van der Waals surface area contributed by atoms with Gasteiger partial charge in [0.2, 0.25) is 0 Å². The molecule has 0 aliphatic carbocycles. The minimum absolute atomic E-state index is 0.0720. The van der Waals surface area contributed by atoms with Crippen molar-refractivity contribution in [2.75, 3.05) is 36.5 Å². The Bertz CT molecular complexity index is 1640. The van der Waals surface area contributed by atoms with Crippen LogP contribution in [0.5, 0.6) is 5.75 Å². The summed E-state index contributed by atoms with van der Waals surface area (Å²) in [6.45, 7) is 26.4. The van der Waals surface area contributed by atoms with E-state index in [-0.39, 0.29) is 17.2 Å². The van der Waals surface area contributed by atoms with E-state index in [4.69, 9.17) is 23.6 Å². The Morgan fingerprint density at radius 3 is 2.25 bits per heavy atom. The first-order valence-electron chi connectivity index (χ1n) is 18.2. The van der Waals surface area contributed by atoms with Crippen molar-refractivity contribution in [1.29, 1.82) is 0 Å². The summed E-state index contributed by atoms with van der Waals surface area (Å²) in [5.74, 6) is 1.85. The van der Waals surface area contributed by atoms with Crippen molar-refractivity contribution in [3.8, 4) is 5.75 Å². The van der Waals surface area contributed by atoms with E-state index in [1.54, 1.807) is 20.5 Å². The molecule has 0 bridgehead atoms. The molecule has 1 fully saturated rings. The molecular weight excluding hydrogens is 665 g/mol. The number of amides is 2. The second kappa shape index (κ2) is 15.8. The third-order valence-corrected chi connectivity index (χ3v) is 13.6. The van der Waals surface area contributed by atoms with Gasteiger partial charge in [-0.25, -0.2) is 19.5 Å². The number of fused-ring (bicyclic) bond motifs is 1. The average Bonchev–Trinajstić information content (AvgIpc) is 3.47. The largest absolute Gasteiger partial charge is 0.494 e. The maximum absolute atomic E-state index is 14.3. The van der Waals surface area contributed by atoms with E-state index in [0.717, 1.165) is 18.4 Å². The van der Waals surface area contributed by atoms with Crippen LogP contribution in [0.1, 0.15) is 94.1 Å². The summed E-state index contributed by atoms with van der Waals surface area (Å²) in [6.07, 6.45) is 3.66. The number of nitrogens with zero attached hydrogens (tertiary/aromatic N) is 5. The van der Waals surface area contributed by atoms with Gasteiger partial charge in [0.15, 0.2) is 19.8 Å². The molecule has 1 N–H and O–H groups in total. The number of aromatic nitrogens is 3. The minimum Gasteiger partial charge on any atom is -0.494 e. The first kappa shape index (κ1) is 39.9. The molecule has 1 unspecified atom stereocenters. The number of anilines is 3. The number of benzene rings is 1. The van der Waals surface area contributed by atoms with Crippen LogP contribution < -0.4 is 15.0 Å². The van der Waals surface area contributed by atoms with Crippen molar-refractivity contribution < 1.29 is 28.2 Å². The Labute approximate surface area is 305 Å². The molecule has 3 heterocycles. The van der Waals surface area contributed by atoms with Crippen LogP contribution >= 0.6 is 0 Å². The second-order valence-corrected chi connectivity index (χ2v) is 21.5. The first-order chi connectivity index (χ1) is 23.7. The molecular formula is C38H60N6O6Si. The molecule has 2 aromatic heterocycles. The molecule has 1 atom stereocenters. The van der Waals surface area contributed by atoms with E-state index in [9.17, 15) is 9.59 Å². The van der Waals surface area contributed by atoms with Gasteiger partial charge in [-0.1, -0.05) is 20.8 Å². The van der Waals surface area contributed by atoms with Crippen LogP contribution in [0, 0.1) is 0 Å². The van der Waals surface area contributed by atoms with Crippen LogP contribution in [0.25, 0.3) is 5.65 Å². The van der Waals surface area contributed by atoms with Gasteiger partial charge in [0, 0.05) is 37.4 Å². The summed E-state index contributed by atoms with van der Waals surface area (Å²) in [5, 5.41) is 8.43. The Morgan fingerprint density at radius 2 is 1.65 bits per heavy atom. The second-order valence-electron chi connectivity index (χ2n) is 16.7. The number of carbonyl (C=O) groups excluding carboxylic acids is 2. The number of ether oxygens (including phenoxy) is 3. The van der Waals surface area contributed by atoms with Crippen molar-refractivity contribution in [3.63, 3.8) is 0 Å². The van der Waals surface area contributed by atoms with Gasteiger partial charge in [0.1, 0.15) is 22.8 Å². The molecule has 0 spiro atoms. The molecule has 1 saturated heterocycles. The summed E-state index contributed by atoms with van der Waals surface area (Å²) in [5.41, 5.74) is 0.594. The third-order valence-electron chi connectivity index (χ3n) is 9.05. The van der Waals surface area contributed by atoms with E-state index in [2.05, 4.69) is 44.3 Å². The van der Waals surface area contributed by atoms with Crippen molar-refractivity contribution in [2.24, 2.45) is 0 Å². The lowest BCUT2D eigenvalue weighted by Gasteiger charge is -2.36. The Morgan fingerprint density at radius 1 is 0.980 bits per heavy atom. The summed E-state index contributed by atoms with van der Waals surface area (Å²) in [7, 11) is -2.00. The minimum atomic E-state index is -2.00. The summed E-state index contributed by atoms with van der Waals surface area (Å²) >= 11 is 0. The van der Waals surface area contributed by atoms with Gasteiger partial charge in [-0.05, 0) is 117 Å². The summed E-state index contributed by atoms with van der Waals surface area (Å²) in [6, 6.07) is 9.11. The van der Waals surface area contributed by atoms with E-state index in [1.165, 1.54) is 0 Å². The zero-order valence-corrected chi connectivity index (χ0v) is 33.9. The molecule has 0 radical (unpaired) electrons. The molecule has 13 heteroatoms. The van der Waals surface area contributed by atoms with E-state index in [0.29, 0.717) is 67.9 Å². The Hall–Kier alpha value is -3.84. The van der Waals surface area contributed by atoms with Gasteiger partial charge in [0.25, 0.3) is 0 Å². The molecule has 12 nitrogen and oxygen atoms in total. The number of likely N-dealkylation sites (tertiary alicyclic amines) is 1. The maximum Gasteiger partial charge on any atom is 0.420 e. The van der Waals surface area contributed by atoms with Crippen molar-refractivity contribution in [1.82, 2.24) is 19.5 Å². The zero-order valence-electron chi connectivity index (χ0n) is 32.9. The monoisotopic (exact) mass is 724 g/mol. The molecule has 282 valence electrons. The van der Waals surface area contributed by atoms with Crippen LogP contribution in [0.2, 0.25) is 18.1 Å². The molecule has 1 aromatic carbocycles. The van der Waals surface area contributed by atoms with Crippen molar-refractivity contribution in [3.05, 3.63) is 42.1 Å². The quantitative estimate of drug-likeness (QED) is 0.153. The normalized spacial score (nSPS) is 15.8. The number of hydrogen-bond acceptors (Lipinski definition) is 9. The Balaban J connectivity index is 1.82. The van der Waals surface area contributed by atoms with Crippen LogP contribution in [0.3, 0.4) is 0 Å². The zero-order chi connectivity index (χ0) is 37.8. The van der Waals surface area contributed by atoms with Gasteiger partial charge >= 0.3 is 12.2 Å². The Kier molecular flexibility index (Phi) is 12.4. The summed E-state index contributed by atoms with van der Waals surface area (Å²) < 4.78 is 25.8. The lowest BCUT2D eigenvalue weighted by molar-refractivity contribution is 0.0206. The fourth-order valence-corrected chi connectivity index (χ4v) is 6.68. The van der Waals surface area contributed by atoms with Gasteiger partial charge in [0.05, 0.1) is 18.5 Å². The number of carbonyl (C=O) groups is 2. The predicted octanol–water partition coefficient (Wildman–Crippen LogP) is 8.97.